The number of rotatable bonds is 7. The van der Waals surface area contributed by atoms with Crippen LogP contribution in [-0.2, 0) is 6.54 Å². The molecule has 23 heavy (non-hydrogen) atoms. The molecule has 7 nitrogen and oxygen atoms in total. The first-order chi connectivity index (χ1) is 10.9. The van der Waals surface area contributed by atoms with Gasteiger partial charge in [0.15, 0.2) is 5.75 Å². The smallest absolute Gasteiger partial charge is 0.312 e. The van der Waals surface area contributed by atoms with E-state index < -0.39 is 22.5 Å². The Morgan fingerprint density at radius 3 is 2.83 bits per heavy atom. The quantitative estimate of drug-likeness (QED) is 0.527. The Morgan fingerprint density at radius 2 is 2.22 bits per heavy atom. The van der Waals surface area contributed by atoms with Crippen LogP contribution in [0.5, 0.6) is 5.75 Å². The highest BCUT2D eigenvalue weighted by molar-refractivity contribution is 6.31. The molecule has 0 saturated heterocycles. The van der Waals surface area contributed by atoms with E-state index in [0.29, 0.717) is 17.7 Å². The van der Waals surface area contributed by atoms with Crippen molar-refractivity contribution >= 4 is 17.3 Å². The van der Waals surface area contributed by atoms with Crippen LogP contribution in [0.3, 0.4) is 0 Å². The number of hydrogen-bond acceptors (Lipinski definition) is 6. The van der Waals surface area contributed by atoms with E-state index in [1.54, 1.807) is 12.1 Å². The van der Waals surface area contributed by atoms with Crippen LogP contribution in [0.25, 0.3) is 0 Å². The first kappa shape index (κ1) is 17.3. The van der Waals surface area contributed by atoms with Crippen LogP contribution in [0.1, 0.15) is 30.8 Å². The first-order valence-electron chi connectivity index (χ1n) is 6.99. The Kier molecular flexibility index (Phi) is 5.59. The van der Waals surface area contributed by atoms with Crippen LogP contribution < -0.4 is 5.32 Å². The van der Waals surface area contributed by atoms with Gasteiger partial charge in [0, 0.05) is 29.2 Å². The molecule has 2 rings (SSSR count). The third-order valence-corrected chi connectivity index (χ3v) is 3.64. The van der Waals surface area contributed by atoms with E-state index in [1.807, 2.05) is 6.92 Å². The van der Waals surface area contributed by atoms with Gasteiger partial charge in [-0.2, -0.15) is 0 Å². The van der Waals surface area contributed by atoms with Gasteiger partial charge in [-0.1, -0.05) is 11.6 Å². The molecule has 1 aromatic carbocycles. The molecule has 0 radical (unpaired) electrons. The number of aromatic hydroxyl groups is 1. The Hall–Kier alpha value is -2.09. The number of phenols is 1. The molecule has 2 atom stereocenters. The summed E-state index contributed by atoms with van der Waals surface area (Å²) in [5.41, 5.74) is -0.110. The van der Waals surface area contributed by atoms with E-state index in [4.69, 9.17) is 16.0 Å². The SMILES string of the molecule is CC(CC(O)c1ccco1)NCc1cc(Cl)cc([N+](=O)[O-])c1O. The van der Waals surface area contributed by atoms with Gasteiger partial charge in [-0.25, -0.2) is 0 Å². The highest BCUT2D eigenvalue weighted by atomic mass is 35.5. The fraction of sp³-hybridized carbons (Fsp3) is 0.333. The van der Waals surface area contributed by atoms with Gasteiger partial charge in [0.05, 0.1) is 11.2 Å². The van der Waals surface area contributed by atoms with Crippen LogP contribution in [-0.4, -0.2) is 21.2 Å². The van der Waals surface area contributed by atoms with E-state index in [0.717, 1.165) is 6.07 Å². The first-order valence-corrected chi connectivity index (χ1v) is 7.37. The maximum Gasteiger partial charge on any atom is 0.312 e. The lowest BCUT2D eigenvalue weighted by Crippen LogP contribution is -2.27. The molecule has 0 fully saturated rings. The molecule has 2 aromatic rings. The molecule has 0 bridgehead atoms. The fourth-order valence-electron chi connectivity index (χ4n) is 2.21. The summed E-state index contributed by atoms with van der Waals surface area (Å²) in [5.74, 6) is 0.0607. The number of nitro groups is 1. The molecule has 1 heterocycles. The molecule has 0 spiro atoms. The van der Waals surface area contributed by atoms with Gasteiger partial charge in [-0.3, -0.25) is 10.1 Å². The van der Waals surface area contributed by atoms with E-state index in [-0.39, 0.29) is 17.6 Å². The lowest BCUT2D eigenvalue weighted by atomic mass is 10.1. The molecule has 124 valence electrons. The molecule has 8 heteroatoms. The van der Waals surface area contributed by atoms with Crippen molar-refractivity contribution in [2.24, 2.45) is 0 Å². The lowest BCUT2D eigenvalue weighted by molar-refractivity contribution is -0.385. The maximum atomic E-state index is 10.9. The highest BCUT2D eigenvalue weighted by Gasteiger charge is 2.20. The molecule has 1 aromatic heterocycles. The van der Waals surface area contributed by atoms with Crippen LogP contribution in [0.4, 0.5) is 5.69 Å². The number of hydrogen-bond donors (Lipinski definition) is 3. The second-order valence-corrected chi connectivity index (χ2v) is 5.68. The van der Waals surface area contributed by atoms with Crippen molar-refractivity contribution < 1.29 is 19.6 Å². The summed E-state index contributed by atoms with van der Waals surface area (Å²) < 4.78 is 5.13. The zero-order chi connectivity index (χ0) is 17.0. The van der Waals surface area contributed by atoms with Crippen molar-refractivity contribution in [2.45, 2.75) is 32.0 Å². The summed E-state index contributed by atoms with van der Waals surface area (Å²) in [6, 6.07) is 5.83. The Balaban J connectivity index is 1.99. The minimum atomic E-state index is -0.755. The van der Waals surface area contributed by atoms with Gasteiger partial charge < -0.3 is 19.9 Å². The van der Waals surface area contributed by atoms with Gasteiger partial charge in [0.25, 0.3) is 0 Å². The molecular weight excluding hydrogens is 324 g/mol. The molecule has 0 aliphatic heterocycles. The number of nitro benzene ring substituents is 1. The molecule has 0 saturated carbocycles. The van der Waals surface area contributed by atoms with Crippen LogP contribution in [0, 0.1) is 10.1 Å². The number of nitrogens with one attached hydrogen (secondary N) is 1. The number of aliphatic hydroxyl groups is 1. The van der Waals surface area contributed by atoms with E-state index >= 15 is 0 Å². The Morgan fingerprint density at radius 1 is 1.48 bits per heavy atom. The molecule has 0 amide bonds. The average molecular weight is 341 g/mol. The predicted octanol–water partition coefficient (Wildman–Crippen LogP) is 3.15. The summed E-state index contributed by atoms with van der Waals surface area (Å²) in [6.07, 6.45) is 1.12. The number of halogens is 1. The Bertz CT molecular complexity index is 675. The number of aliphatic hydroxyl groups excluding tert-OH is 1. The highest BCUT2D eigenvalue weighted by Crippen LogP contribution is 2.33. The fourth-order valence-corrected chi connectivity index (χ4v) is 2.45. The lowest BCUT2D eigenvalue weighted by Gasteiger charge is -2.17. The van der Waals surface area contributed by atoms with Gasteiger partial charge in [0.1, 0.15) is 11.9 Å². The van der Waals surface area contributed by atoms with Crippen molar-refractivity contribution in [3.63, 3.8) is 0 Å². The number of phenolic OH excluding ortho intramolecular Hbond substituents is 1. The van der Waals surface area contributed by atoms with Gasteiger partial charge >= 0.3 is 5.69 Å². The Labute approximate surface area is 137 Å². The van der Waals surface area contributed by atoms with Crippen molar-refractivity contribution in [2.75, 3.05) is 0 Å². The minimum Gasteiger partial charge on any atom is -0.502 e. The summed E-state index contributed by atoms with van der Waals surface area (Å²) >= 11 is 5.84. The molecule has 2 unspecified atom stereocenters. The maximum absolute atomic E-state index is 10.9. The predicted molar refractivity (Wildman–Crippen MR) is 84.4 cm³/mol. The van der Waals surface area contributed by atoms with Crippen molar-refractivity contribution in [3.05, 3.63) is 57.0 Å². The van der Waals surface area contributed by atoms with Crippen molar-refractivity contribution in [1.29, 1.82) is 0 Å². The monoisotopic (exact) mass is 340 g/mol. The molecule has 3 N–H and O–H groups in total. The van der Waals surface area contributed by atoms with Crippen molar-refractivity contribution in [3.8, 4) is 5.75 Å². The van der Waals surface area contributed by atoms with Crippen molar-refractivity contribution in [1.82, 2.24) is 5.32 Å². The van der Waals surface area contributed by atoms with Crippen LogP contribution >= 0.6 is 11.6 Å². The summed E-state index contributed by atoms with van der Waals surface area (Å²) in [7, 11) is 0. The molecular formula is C15H17ClN2O5. The average Bonchev–Trinajstić information content (AvgIpc) is 3.01. The second-order valence-electron chi connectivity index (χ2n) is 5.24. The zero-order valence-electron chi connectivity index (χ0n) is 12.4. The van der Waals surface area contributed by atoms with Gasteiger partial charge in [0.2, 0.25) is 0 Å². The number of furan rings is 1. The van der Waals surface area contributed by atoms with Gasteiger partial charge in [-0.15, -0.1) is 0 Å². The van der Waals surface area contributed by atoms with Gasteiger partial charge in [-0.05, 0) is 31.5 Å². The minimum absolute atomic E-state index is 0.118. The standard InChI is InChI=1S/C15H17ClN2O5/c1-9(5-13(19)14-3-2-4-23-14)17-8-10-6-11(16)7-12(15(10)20)18(21)22/h2-4,6-7,9,13,17,19-20H,5,8H2,1H3. The third-order valence-electron chi connectivity index (χ3n) is 3.42. The summed E-state index contributed by atoms with van der Waals surface area (Å²) in [4.78, 5) is 10.2. The zero-order valence-corrected chi connectivity index (χ0v) is 13.2. The number of benzene rings is 1. The third kappa shape index (κ3) is 4.44. The summed E-state index contributed by atoms with van der Waals surface area (Å²) in [6.45, 7) is 2.03. The summed E-state index contributed by atoms with van der Waals surface area (Å²) in [5, 5.41) is 34.0. The van der Waals surface area contributed by atoms with Crippen LogP contribution in [0.15, 0.2) is 34.9 Å². The molecule has 0 aliphatic rings. The normalized spacial score (nSPS) is 13.7. The van der Waals surface area contributed by atoms with E-state index in [2.05, 4.69) is 5.32 Å². The van der Waals surface area contributed by atoms with E-state index in [1.165, 1.54) is 12.3 Å². The topological polar surface area (TPSA) is 109 Å². The molecule has 0 aliphatic carbocycles. The number of nitrogens with zero attached hydrogens (tertiary/aromatic N) is 1. The van der Waals surface area contributed by atoms with E-state index in [9.17, 15) is 20.3 Å². The largest absolute Gasteiger partial charge is 0.502 e. The van der Waals surface area contributed by atoms with Crippen LogP contribution in [0.2, 0.25) is 5.02 Å². The second kappa shape index (κ2) is 7.45.